The van der Waals surface area contributed by atoms with Crippen LogP contribution >= 0.6 is 0 Å². The van der Waals surface area contributed by atoms with E-state index in [4.69, 9.17) is 10.5 Å². The molecule has 2 aromatic rings. The van der Waals surface area contributed by atoms with E-state index in [9.17, 15) is 0 Å². The van der Waals surface area contributed by atoms with Crippen LogP contribution in [-0.2, 0) is 6.61 Å². The number of pyridine rings is 1. The van der Waals surface area contributed by atoms with Crippen LogP contribution in [0.3, 0.4) is 0 Å². The average molecular weight is 258 g/mol. The monoisotopic (exact) mass is 258 g/mol. The highest BCUT2D eigenvalue weighted by Crippen LogP contribution is 2.28. The van der Waals surface area contributed by atoms with E-state index in [1.165, 1.54) is 25.7 Å². The average Bonchev–Trinajstić information content (AvgIpc) is 3.09. The van der Waals surface area contributed by atoms with E-state index in [0.29, 0.717) is 24.2 Å². The molecule has 0 saturated heterocycles. The Morgan fingerprint density at radius 1 is 1.32 bits per heavy atom. The summed E-state index contributed by atoms with van der Waals surface area (Å²) in [6.45, 7) is 0.426. The van der Waals surface area contributed by atoms with E-state index in [-0.39, 0.29) is 0 Å². The fraction of sp³-hybridized carbons (Fsp3) is 0.429. The van der Waals surface area contributed by atoms with E-state index >= 15 is 0 Å². The third kappa shape index (κ3) is 2.70. The molecule has 2 heterocycles. The van der Waals surface area contributed by atoms with Crippen molar-refractivity contribution in [2.45, 2.75) is 38.3 Å². The smallest absolute Gasteiger partial charge is 0.166 e. The van der Waals surface area contributed by atoms with Gasteiger partial charge in [0.1, 0.15) is 6.61 Å². The molecule has 1 aliphatic rings. The molecule has 0 atom stereocenters. The first-order valence-corrected chi connectivity index (χ1v) is 6.70. The normalized spacial score (nSPS) is 15.8. The molecule has 1 fully saturated rings. The van der Waals surface area contributed by atoms with Gasteiger partial charge in [0.15, 0.2) is 11.6 Å². The van der Waals surface area contributed by atoms with E-state index in [1.54, 1.807) is 6.20 Å². The fourth-order valence-corrected chi connectivity index (χ4v) is 2.50. The summed E-state index contributed by atoms with van der Waals surface area (Å²) in [5.74, 6) is 1.02. The van der Waals surface area contributed by atoms with Crippen molar-refractivity contribution in [3.05, 3.63) is 36.3 Å². The van der Waals surface area contributed by atoms with Crippen LogP contribution in [0.2, 0.25) is 0 Å². The van der Waals surface area contributed by atoms with Crippen LogP contribution in [0, 0.1) is 0 Å². The van der Waals surface area contributed by atoms with E-state index in [1.807, 2.05) is 24.4 Å². The summed E-state index contributed by atoms with van der Waals surface area (Å²) in [6.07, 6.45) is 8.78. The van der Waals surface area contributed by atoms with Gasteiger partial charge in [-0.3, -0.25) is 4.68 Å². The third-order valence-electron chi connectivity index (χ3n) is 3.54. The van der Waals surface area contributed by atoms with Gasteiger partial charge in [-0.25, -0.2) is 4.98 Å². The number of hydrogen-bond acceptors (Lipinski definition) is 4. The van der Waals surface area contributed by atoms with E-state index in [2.05, 4.69) is 14.8 Å². The zero-order chi connectivity index (χ0) is 13.1. The summed E-state index contributed by atoms with van der Waals surface area (Å²) >= 11 is 0. The first kappa shape index (κ1) is 12.0. The zero-order valence-corrected chi connectivity index (χ0v) is 10.8. The second kappa shape index (κ2) is 5.30. The lowest BCUT2D eigenvalue weighted by Gasteiger charge is -2.09. The van der Waals surface area contributed by atoms with Gasteiger partial charge in [0.2, 0.25) is 0 Å². The predicted octanol–water partition coefficient (Wildman–Crippen LogP) is 2.55. The van der Waals surface area contributed by atoms with Crippen molar-refractivity contribution in [2.75, 3.05) is 5.73 Å². The van der Waals surface area contributed by atoms with Crippen molar-refractivity contribution in [1.29, 1.82) is 0 Å². The Morgan fingerprint density at radius 3 is 2.95 bits per heavy atom. The lowest BCUT2D eigenvalue weighted by atomic mass is 10.3. The summed E-state index contributed by atoms with van der Waals surface area (Å²) in [5, 5.41) is 4.57. The van der Waals surface area contributed by atoms with Crippen molar-refractivity contribution >= 4 is 5.82 Å². The standard InChI is InChI=1S/C14H18N4O/c15-14-13(6-3-8-16-14)19-10-11-7-9-18(17-11)12-4-1-2-5-12/h3,6-9,12H,1-2,4-5,10H2,(H2,15,16). The minimum absolute atomic E-state index is 0.415. The summed E-state index contributed by atoms with van der Waals surface area (Å²) in [5.41, 5.74) is 6.65. The molecule has 0 unspecified atom stereocenters. The number of rotatable bonds is 4. The van der Waals surface area contributed by atoms with E-state index in [0.717, 1.165) is 5.69 Å². The van der Waals surface area contributed by atoms with Gasteiger partial charge in [-0.05, 0) is 31.0 Å². The van der Waals surface area contributed by atoms with Crippen LogP contribution in [0.5, 0.6) is 5.75 Å². The van der Waals surface area contributed by atoms with Gasteiger partial charge >= 0.3 is 0 Å². The number of hydrogen-bond donors (Lipinski definition) is 1. The highest BCUT2D eigenvalue weighted by molar-refractivity contribution is 5.44. The predicted molar refractivity (Wildman–Crippen MR) is 72.7 cm³/mol. The van der Waals surface area contributed by atoms with Gasteiger partial charge in [0, 0.05) is 12.4 Å². The summed E-state index contributed by atoms with van der Waals surface area (Å²) in [4.78, 5) is 3.99. The first-order chi connectivity index (χ1) is 9.33. The number of aromatic nitrogens is 3. The van der Waals surface area contributed by atoms with Crippen LogP contribution < -0.4 is 10.5 Å². The highest BCUT2D eigenvalue weighted by Gasteiger charge is 2.17. The van der Waals surface area contributed by atoms with Crippen LogP contribution in [0.1, 0.15) is 37.4 Å². The molecule has 0 bridgehead atoms. The lowest BCUT2D eigenvalue weighted by molar-refractivity contribution is 0.298. The van der Waals surface area contributed by atoms with Gasteiger partial charge in [-0.2, -0.15) is 5.10 Å². The molecule has 1 aliphatic carbocycles. The van der Waals surface area contributed by atoms with Crippen LogP contribution in [0.15, 0.2) is 30.6 Å². The van der Waals surface area contributed by atoms with Crippen molar-refractivity contribution < 1.29 is 4.74 Å². The second-order valence-electron chi connectivity index (χ2n) is 4.90. The minimum Gasteiger partial charge on any atom is -0.483 e. The maximum atomic E-state index is 5.73. The van der Waals surface area contributed by atoms with Gasteiger partial charge in [-0.1, -0.05) is 12.8 Å². The van der Waals surface area contributed by atoms with Crippen molar-refractivity contribution in [3.8, 4) is 5.75 Å². The highest BCUT2D eigenvalue weighted by atomic mass is 16.5. The fourth-order valence-electron chi connectivity index (χ4n) is 2.50. The zero-order valence-electron chi connectivity index (χ0n) is 10.8. The van der Waals surface area contributed by atoms with Crippen LogP contribution in [0.4, 0.5) is 5.82 Å². The molecule has 19 heavy (non-hydrogen) atoms. The summed E-state index contributed by atoms with van der Waals surface area (Å²) in [7, 11) is 0. The largest absolute Gasteiger partial charge is 0.483 e. The third-order valence-corrected chi connectivity index (χ3v) is 3.54. The van der Waals surface area contributed by atoms with Gasteiger partial charge in [0.05, 0.1) is 11.7 Å². The first-order valence-electron chi connectivity index (χ1n) is 6.70. The van der Waals surface area contributed by atoms with Gasteiger partial charge in [0.25, 0.3) is 0 Å². The molecule has 0 aliphatic heterocycles. The lowest BCUT2D eigenvalue weighted by Crippen LogP contribution is -2.06. The number of anilines is 1. The Balaban J connectivity index is 1.63. The Morgan fingerprint density at radius 2 is 2.16 bits per heavy atom. The Labute approximate surface area is 112 Å². The van der Waals surface area contributed by atoms with Crippen LogP contribution in [0.25, 0.3) is 0 Å². The Hall–Kier alpha value is -2.04. The maximum Gasteiger partial charge on any atom is 0.166 e. The summed E-state index contributed by atoms with van der Waals surface area (Å²) in [6, 6.07) is 6.20. The van der Waals surface area contributed by atoms with E-state index < -0.39 is 0 Å². The molecule has 1 saturated carbocycles. The van der Waals surface area contributed by atoms with Crippen molar-refractivity contribution in [1.82, 2.24) is 14.8 Å². The molecule has 0 spiro atoms. The van der Waals surface area contributed by atoms with Gasteiger partial charge in [-0.15, -0.1) is 0 Å². The molecule has 100 valence electrons. The maximum absolute atomic E-state index is 5.73. The number of nitrogens with zero attached hydrogens (tertiary/aromatic N) is 3. The molecule has 0 amide bonds. The molecule has 3 rings (SSSR count). The molecule has 5 nitrogen and oxygen atoms in total. The number of nitrogen functional groups attached to an aromatic ring is 1. The molecular formula is C14H18N4O. The Bertz CT molecular complexity index is 546. The molecule has 2 aromatic heterocycles. The minimum atomic E-state index is 0.415. The molecule has 2 N–H and O–H groups in total. The Kier molecular flexibility index (Phi) is 3.35. The molecular weight excluding hydrogens is 240 g/mol. The second-order valence-corrected chi connectivity index (χ2v) is 4.90. The van der Waals surface area contributed by atoms with Crippen molar-refractivity contribution in [2.24, 2.45) is 0 Å². The molecule has 5 heteroatoms. The summed E-state index contributed by atoms with van der Waals surface area (Å²) < 4.78 is 7.70. The SMILES string of the molecule is Nc1ncccc1OCc1ccn(C2CCCC2)n1. The van der Waals surface area contributed by atoms with Gasteiger partial charge < -0.3 is 10.5 Å². The number of ether oxygens (including phenoxy) is 1. The topological polar surface area (TPSA) is 66.0 Å². The molecule has 0 radical (unpaired) electrons. The number of nitrogens with two attached hydrogens (primary N) is 1. The van der Waals surface area contributed by atoms with Crippen molar-refractivity contribution in [3.63, 3.8) is 0 Å². The molecule has 0 aromatic carbocycles. The quantitative estimate of drug-likeness (QED) is 0.915. The van der Waals surface area contributed by atoms with Crippen LogP contribution in [-0.4, -0.2) is 14.8 Å².